The van der Waals surface area contributed by atoms with Gasteiger partial charge in [0.2, 0.25) is 5.91 Å². The summed E-state index contributed by atoms with van der Waals surface area (Å²) in [5.74, 6) is 0.801. The van der Waals surface area contributed by atoms with Gasteiger partial charge in [0.15, 0.2) is 0 Å². The van der Waals surface area contributed by atoms with E-state index in [1.165, 1.54) is 24.0 Å². The van der Waals surface area contributed by atoms with Crippen molar-refractivity contribution in [2.24, 2.45) is 5.41 Å². The molecule has 0 heterocycles. The highest BCUT2D eigenvalue weighted by Crippen LogP contribution is 2.38. The van der Waals surface area contributed by atoms with Crippen LogP contribution in [0.3, 0.4) is 0 Å². The molecular formula is C17H24ClNO. The maximum Gasteiger partial charge on any atom is 0.220 e. The molecule has 0 bridgehead atoms. The number of carbonyl (C=O) groups is 1. The van der Waals surface area contributed by atoms with Crippen LogP contribution >= 0.6 is 11.6 Å². The Morgan fingerprint density at radius 2 is 2.00 bits per heavy atom. The lowest BCUT2D eigenvalue weighted by Crippen LogP contribution is -2.37. The van der Waals surface area contributed by atoms with E-state index in [1.807, 2.05) is 12.1 Å². The molecule has 20 heavy (non-hydrogen) atoms. The van der Waals surface area contributed by atoms with Crippen LogP contribution in [-0.4, -0.2) is 18.3 Å². The van der Waals surface area contributed by atoms with E-state index in [9.17, 15) is 4.79 Å². The highest BCUT2D eigenvalue weighted by atomic mass is 35.5. The van der Waals surface area contributed by atoms with Gasteiger partial charge in [-0.05, 0) is 37.3 Å². The minimum Gasteiger partial charge on any atom is -0.355 e. The highest BCUT2D eigenvalue weighted by molar-refractivity contribution is 6.18. The second-order valence-corrected chi connectivity index (χ2v) is 6.31. The summed E-state index contributed by atoms with van der Waals surface area (Å²) in [4.78, 5) is 12.0. The molecule has 2 rings (SSSR count). The zero-order valence-corrected chi connectivity index (χ0v) is 13.0. The Kier molecular flexibility index (Phi) is 5.47. The number of halogens is 1. The molecule has 0 aromatic heterocycles. The van der Waals surface area contributed by atoms with Gasteiger partial charge in [0, 0.05) is 24.3 Å². The quantitative estimate of drug-likeness (QED) is 0.793. The molecule has 1 N–H and O–H groups in total. The number of hydrogen-bond donors (Lipinski definition) is 1. The van der Waals surface area contributed by atoms with E-state index in [4.69, 9.17) is 11.6 Å². The Hall–Kier alpha value is -1.02. The van der Waals surface area contributed by atoms with Crippen LogP contribution in [0, 0.1) is 12.3 Å². The van der Waals surface area contributed by atoms with Crippen molar-refractivity contribution in [1.82, 2.24) is 5.32 Å². The summed E-state index contributed by atoms with van der Waals surface area (Å²) in [5.41, 5.74) is 2.67. The maximum atomic E-state index is 12.0. The van der Waals surface area contributed by atoms with Gasteiger partial charge in [-0.1, -0.05) is 37.1 Å². The van der Waals surface area contributed by atoms with Crippen LogP contribution in [0.1, 0.15) is 43.2 Å². The average molecular weight is 294 g/mol. The SMILES string of the molecule is Cc1ccccc1CCC(=O)NCC1(CCl)CCCC1. The van der Waals surface area contributed by atoms with Gasteiger partial charge in [-0.25, -0.2) is 0 Å². The third-order valence-electron chi connectivity index (χ3n) is 4.49. The topological polar surface area (TPSA) is 29.1 Å². The zero-order valence-electron chi connectivity index (χ0n) is 12.3. The first-order valence-electron chi connectivity index (χ1n) is 7.52. The Labute approximate surface area is 126 Å². The number of benzene rings is 1. The molecule has 1 aromatic carbocycles. The van der Waals surface area contributed by atoms with Crippen molar-refractivity contribution in [3.63, 3.8) is 0 Å². The fourth-order valence-corrected chi connectivity index (χ4v) is 3.36. The van der Waals surface area contributed by atoms with Crippen molar-refractivity contribution in [1.29, 1.82) is 0 Å². The second kappa shape index (κ2) is 7.12. The number of carbonyl (C=O) groups excluding carboxylic acids is 1. The van der Waals surface area contributed by atoms with Crippen molar-refractivity contribution in [3.05, 3.63) is 35.4 Å². The van der Waals surface area contributed by atoms with Gasteiger partial charge in [-0.2, -0.15) is 0 Å². The van der Waals surface area contributed by atoms with Crippen LogP contribution in [0.5, 0.6) is 0 Å². The van der Waals surface area contributed by atoms with Crippen molar-refractivity contribution < 1.29 is 4.79 Å². The Morgan fingerprint density at radius 1 is 1.30 bits per heavy atom. The number of nitrogens with one attached hydrogen (secondary N) is 1. The lowest BCUT2D eigenvalue weighted by molar-refractivity contribution is -0.121. The van der Waals surface area contributed by atoms with E-state index < -0.39 is 0 Å². The molecule has 0 aliphatic heterocycles. The number of amides is 1. The molecule has 1 saturated carbocycles. The van der Waals surface area contributed by atoms with Crippen LogP contribution in [0.2, 0.25) is 0 Å². The summed E-state index contributed by atoms with van der Waals surface area (Å²) in [6, 6.07) is 8.25. The predicted octanol–water partition coefficient (Wildman–Crippen LogP) is 3.84. The zero-order chi connectivity index (χ0) is 14.4. The van der Waals surface area contributed by atoms with Gasteiger partial charge in [-0.3, -0.25) is 4.79 Å². The van der Waals surface area contributed by atoms with Gasteiger partial charge < -0.3 is 5.32 Å². The van der Waals surface area contributed by atoms with Crippen molar-refractivity contribution >= 4 is 17.5 Å². The summed E-state index contributed by atoms with van der Waals surface area (Å²) in [7, 11) is 0. The van der Waals surface area contributed by atoms with E-state index in [1.54, 1.807) is 0 Å². The average Bonchev–Trinajstić information content (AvgIpc) is 2.94. The Bertz CT molecular complexity index is 452. The van der Waals surface area contributed by atoms with Gasteiger partial charge in [-0.15, -0.1) is 11.6 Å². The molecular weight excluding hydrogens is 270 g/mol. The minimum atomic E-state index is 0.143. The smallest absolute Gasteiger partial charge is 0.220 e. The Balaban J connectivity index is 1.77. The molecule has 0 saturated heterocycles. The summed E-state index contributed by atoms with van der Waals surface area (Å²) in [5, 5.41) is 3.08. The number of rotatable bonds is 6. The monoisotopic (exact) mass is 293 g/mol. The molecule has 110 valence electrons. The van der Waals surface area contributed by atoms with Crippen LogP contribution in [0.4, 0.5) is 0 Å². The molecule has 0 spiro atoms. The van der Waals surface area contributed by atoms with E-state index in [0.29, 0.717) is 12.3 Å². The van der Waals surface area contributed by atoms with Crippen LogP contribution in [-0.2, 0) is 11.2 Å². The summed E-state index contributed by atoms with van der Waals surface area (Å²) in [6.07, 6.45) is 6.15. The molecule has 2 nitrogen and oxygen atoms in total. The molecule has 0 atom stereocenters. The van der Waals surface area contributed by atoms with Crippen molar-refractivity contribution in [2.45, 2.75) is 45.4 Å². The maximum absolute atomic E-state index is 12.0. The van der Waals surface area contributed by atoms with E-state index >= 15 is 0 Å². The molecule has 1 aliphatic rings. The van der Waals surface area contributed by atoms with Crippen LogP contribution in [0.25, 0.3) is 0 Å². The molecule has 0 radical (unpaired) electrons. The molecule has 1 fully saturated rings. The predicted molar refractivity (Wildman–Crippen MR) is 84.1 cm³/mol. The molecule has 1 aromatic rings. The summed E-state index contributed by atoms with van der Waals surface area (Å²) in [6.45, 7) is 2.83. The summed E-state index contributed by atoms with van der Waals surface area (Å²) < 4.78 is 0. The third-order valence-corrected chi connectivity index (χ3v) is 5.06. The van der Waals surface area contributed by atoms with E-state index in [2.05, 4.69) is 24.4 Å². The van der Waals surface area contributed by atoms with Crippen LogP contribution in [0.15, 0.2) is 24.3 Å². The molecule has 1 amide bonds. The minimum absolute atomic E-state index is 0.143. The second-order valence-electron chi connectivity index (χ2n) is 6.04. The Morgan fingerprint density at radius 3 is 2.65 bits per heavy atom. The van der Waals surface area contributed by atoms with Crippen molar-refractivity contribution in [3.8, 4) is 0 Å². The van der Waals surface area contributed by atoms with Crippen molar-refractivity contribution in [2.75, 3.05) is 12.4 Å². The fraction of sp³-hybridized carbons (Fsp3) is 0.588. The van der Waals surface area contributed by atoms with E-state index in [-0.39, 0.29) is 11.3 Å². The number of aryl methyl sites for hydroxylation is 2. The van der Waals surface area contributed by atoms with Crippen LogP contribution < -0.4 is 5.32 Å². The standard InChI is InChI=1S/C17H24ClNO/c1-14-6-2-3-7-15(14)8-9-16(20)19-13-17(12-18)10-4-5-11-17/h2-3,6-7H,4-5,8-13H2,1H3,(H,19,20). The van der Waals surface area contributed by atoms with E-state index in [0.717, 1.165) is 25.8 Å². The molecule has 1 aliphatic carbocycles. The first-order valence-corrected chi connectivity index (χ1v) is 8.06. The highest BCUT2D eigenvalue weighted by Gasteiger charge is 2.33. The van der Waals surface area contributed by atoms with Gasteiger partial charge in [0.1, 0.15) is 0 Å². The fourth-order valence-electron chi connectivity index (χ4n) is 3.00. The van der Waals surface area contributed by atoms with Gasteiger partial charge >= 0.3 is 0 Å². The number of hydrogen-bond acceptors (Lipinski definition) is 1. The first-order chi connectivity index (χ1) is 9.65. The number of alkyl halides is 1. The van der Waals surface area contributed by atoms with Gasteiger partial charge in [0.05, 0.1) is 0 Å². The van der Waals surface area contributed by atoms with Gasteiger partial charge in [0.25, 0.3) is 0 Å². The first kappa shape index (κ1) is 15.4. The largest absolute Gasteiger partial charge is 0.355 e. The lowest BCUT2D eigenvalue weighted by atomic mass is 9.88. The normalized spacial score (nSPS) is 17.1. The molecule has 3 heteroatoms. The summed E-state index contributed by atoms with van der Waals surface area (Å²) >= 11 is 6.09. The molecule has 0 unspecified atom stereocenters. The third kappa shape index (κ3) is 3.99. The lowest BCUT2D eigenvalue weighted by Gasteiger charge is -2.26.